The maximum absolute atomic E-state index is 11.0. The topological polar surface area (TPSA) is 64.0 Å². The molecule has 0 amide bonds. The highest BCUT2D eigenvalue weighted by atomic mass is 16.4. The summed E-state index contributed by atoms with van der Waals surface area (Å²) in [7, 11) is 0. The van der Waals surface area contributed by atoms with Crippen LogP contribution in [0.4, 0.5) is 0 Å². The van der Waals surface area contributed by atoms with Crippen molar-refractivity contribution in [1.29, 1.82) is 0 Å². The Bertz CT molecular complexity index is 308. The Kier molecular flexibility index (Phi) is 4.81. The normalized spacial score (nSPS) is 27.1. The molecule has 1 aliphatic heterocycles. The van der Waals surface area contributed by atoms with Crippen molar-refractivity contribution >= 4 is 5.97 Å². The van der Waals surface area contributed by atoms with E-state index < -0.39 is 17.6 Å². The molecule has 1 heterocycles. The van der Waals surface area contributed by atoms with Crippen molar-refractivity contribution in [3.05, 3.63) is 0 Å². The number of carbonyl (C=O) groups is 1. The van der Waals surface area contributed by atoms with E-state index in [2.05, 4.69) is 4.90 Å². The molecule has 0 aromatic rings. The smallest absolute Gasteiger partial charge is 0.320 e. The number of hydrogen-bond donors (Lipinski definition) is 2. The molecular weight excluding hydrogens is 244 g/mol. The first kappa shape index (κ1) is 14.8. The largest absolute Gasteiger partial charge is 0.480 e. The minimum atomic E-state index is -0.751. The van der Waals surface area contributed by atoms with E-state index in [1.807, 2.05) is 4.90 Å². The molecule has 0 bridgehead atoms. The third-order valence-corrected chi connectivity index (χ3v) is 4.61. The van der Waals surface area contributed by atoms with Crippen molar-refractivity contribution in [2.45, 2.75) is 50.7 Å². The summed E-state index contributed by atoms with van der Waals surface area (Å²) in [6, 6.07) is -0.403. The number of hydrogen-bond acceptors (Lipinski definition) is 4. The summed E-state index contributed by atoms with van der Waals surface area (Å²) in [4.78, 5) is 15.2. The number of carboxylic acid groups (broad SMARTS) is 1. The lowest BCUT2D eigenvalue weighted by Gasteiger charge is -2.41. The Morgan fingerprint density at radius 2 is 1.74 bits per heavy atom. The Labute approximate surface area is 115 Å². The van der Waals surface area contributed by atoms with E-state index in [-0.39, 0.29) is 0 Å². The fourth-order valence-corrected chi connectivity index (χ4v) is 3.25. The molecule has 5 nitrogen and oxygen atoms in total. The molecule has 2 fully saturated rings. The predicted octanol–water partition coefficient (Wildman–Crippen LogP) is 0.772. The second kappa shape index (κ2) is 6.20. The maximum atomic E-state index is 11.0. The van der Waals surface area contributed by atoms with Gasteiger partial charge in [0.25, 0.3) is 0 Å². The van der Waals surface area contributed by atoms with Gasteiger partial charge in [-0.1, -0.05) is 19.3 Å². The number of β-amino-alcohol motifs (C(OH)–C–C–N with tert-alkyl or cyclic N) is 1. The van der Waals surface area contributed by atoms with E-state index in [1.165, 1.54) is 6.42 Å². The van der Waals surface area contributed by atoms with Crippen molar-refractivity contribution in [3.63, 3.8) is 0 Å². The standard InChI is InChI=1S/C14H26N2O3/c1-12(13(17)18)16-9-7-15(8-10-16)11-14(19)5-3-2-4-6-14/h12,19H,2-11H2,1H3,(H,17,18). The summed E-state index contributed by atoms with van der Waals surface area (Å²) < 4.78 is 0. The first-order chi connectivity index (χ1) is 9.00. The van der Waals surface area contributed by atoms with E-state index in [4.69, 9.17) is 5.11 Å². The summed E-state index contributed by atoms with van der Waals surface area (Å²) in [5.41, 5.74) is -0.501. The second-order valence-corrected chi connectivity index (χ2v) is 6.11. The minimum Gasteiger partial charge on any atom is -0.480 e. The van der Waals surface area contributed by atoms with Crippen LogP contribution in [0.15, 0.2) is 0 Å². The van der Waals surface area contributed by atoms with Crippen molar-refractivity contribution in [2.24, 2.45) is 0 Å². The monoisotopic (exact) mass is 270 g/mol. The SMILES string of the molecule is CC(C(=O)O)N1CCN(CC2(O)CCCCC2)CC1. The first-order valence-electron chi connectivity index (χ1n) is 7.42. The van der Waals surface area contributed by atoms with E-state index >= 15 is 0 Å². The highest BCUT2D eigenvalue weighted by Gasteiger charge is 2.33. The Morgan fingerprint density at radius 3 is 2.26 bits per heavy atom. The number of aliphatic carboxylic acids is 1. The second-order valence-electron chi connectivity index (χ2n) is 6.11. The highest BCUT2D eigenvalue weighted by molar-refractivity contribution is 5.72. The van der Waals surface area contributed by atoms with E-state index in [1.54, 1.807) is 6.92 Å². The van der Waals surface area contributed by atoms with E-state index in [0.29, 0.717) is 0 Å². The van der Waals surface area contributed by atoms with Gasteiger partial charge in [-0.05, 0) is 19.8 Å². The highest BCUT2D eigenvalue weighted by Crippen LogP contribution is 2.29. The molecule has 5 heteroatoms. The van der Waals surface area contributed by atoms with Crippen LogP contribution < -0.4 is 0 Å². The van der Waals surface area contributed by atoms with Gasteiger partial charge >= 0.3 is 5.97 Å². The maximum Gasteiger partial charge on any atom is 0.320 e. The first-order valence-corrected chi connectivity index (χ1v) is 7.42. The number of carboxylic acids is 1. The van der Waals surface area contributed by atoms with E-state index in [9.17, 15) is 9.90 Å². The van der Waals surface area contributed by atoms with Crippen LogP contribution in [0.3, 0.4) is 0 Å². The van der Waals surface area contributed by atoms with Gasteiger partial charge in [-0.15, -0.1) is 0 Å². The van der Waals surface area contributed by atoms with Crippen LogP contribution >= 0.6 is 0 Å². The molecule has 2 aliphatic rings. The summed E-state index contributed by atoms with van der Waals surface area (Å²) >= 11 is 0. The molecule has 19 heavy (non-hydrogen) atoms. The molecule has 0 spiro atoms. The average Bonchev–Trinajstić information content (AvgIpc) is 2.39. The third-order valence-electron chi connectivity index (χ3n) is 4.61. The molecule has 0 radical (unpaired) electrons. The molecule has 1 aliphatic carbocycles. The Morgan fingerprint density at radius 1 is 1.16 bits per heavy atom. The van der Waals surface area contributed by atoms with Crippen LogP contribution in [0.25, 0.3) is 0 Å². The fraction of sp³-hybridized carbons (Fsp3) is 0.929. The van der Waals surface area contributed by atoms with Crippen LogP contribution in [-0.4, -0.2) is 70.3 Å². The van der Waals surface area contributed by atoms with Crippen molar-refractivity contribution in [1.82, 2.24) is 9.80 Å². The molecule has 1 saturated heterocycles. The summed E-state index contributed by atoms with van der Waals surface area (Å²) in [6.07, 6.45) is 5.34. The molecule has 110 valence electrons. The molecule has 2 rings (SSSR count). The molecule has 0 aromatic heterocycles. The number of piperazine rings is 1. The van der Waals surface area contributed by atoms with Gasteiger partial charge in [0.05, 0.1) is 5.60 Å². The van der Waals surface area contributed by atoms with Crippen molar-refractivity contribution in [2.75, 3.05) is 32.7 Å². The van der Waals surface area contributed by atoms with Crippen molar-refractivity contribution in [3.8, 4) is 0 Å². The van der Waals surface area contributed by atoms with Gasteiger partial charge in [0.15, 0.2) is 0 Å². The van der Waals surface area contributed by atoms with Crippen LogP contribution in [0.1, 0.15) is 39.0 Å². The van der Waals surface area contributed by atoms with Gasteiger partial charge in [-0.25, -0.2) is 0 Å². The molecule has 0 aromatic carbocycles. The molecule has 1 unspecified atom stereocenters. The van der Waals surface area contributed by atoms with Gasteiger partial charge in [0.1, 0.15) is 6.04 Å². The van der Waals surface area contributed by atoms with Gasteiger partial charge < -0.3 is 10.2 Å². The van der Waals surface area contributed by atoms with Crippen molar-refractivity contribution < 1.29 is 15.0 Å². The fourth-order valence-electron chi connectivity index (χ4n) is 3.25. The van der Waals surface area contributed by atoms with Gasteiger partial charge in [0, 0.05) is 32.7 Å². The summed E-state index contributed by atoms with van der Waals surface area (Å²) in [5.74, 6) is -0.751. The Hall–Kier alpha value is -0.650. The molecule has 1 atom stereocenters. The lowest BCUT2D eigenvalue weighted by Crippen LogP contribution is -2.55. The zero-order valence-electron chi connectivity index (χ0n) is 11.8. The van der Waals surface area contributed by atoms with Crippen LogP contribution in [0.2, 0.25) is 0 Å². The summed E-state index contributed by atoms with van der Waals surface area (Å²) in [5, 5.41) is 19.5. The molecule has 1 saturated carbocycles. The lowest BCUT2D eigenvalue weighted by molar-refractivity contribution is -0.143. The molecule has 2 N–H and O–H groups in total. The van der Waals surface area contributed by atoms with Crippen LogP contribution in [-0.2, 0) is 4.79 Å². The zero-order chi connectivity index (χ0) is 13.9. The summed E-state index contributed by atoms with van der Waals surface area (Å²) in [6.45, 7) is 5.78. The quantitative estimate of drug-likeness (QED) is 0.790. The zero-order valence-corrected chi connectivity index (χ0v) is 11.8. The van der Waals surface area contributed by atoms with E-state index in [0.717, 1.165) is 58.4 Å². The van der Waals surface area contributed by atoms with Gasteiger partial charge in [-0.3, -0.25) is 14.6 Å². The average molecular weight is 270 g/mol. The Balaban J connectivity index is 1.78. The number of aliphatic hydroxyl groups is 1. The minimum absolute atomic E-state index is 0.403. The number of nitrogens with zero attached hydrogens (tertiary/aromatic N) is 2. The third kappa shape index (κ3) is 3.91. The van der Waals surface area contributed by atoms with Gasteiger partial charge in [-0.2, -0.15) is 0 Å². The van der Waals surface area contributed by atoms with Gasteiger partial charge in [0.2, 0.25) is 0 Å². The lowest BCUT2D eigenvalue weighted by atomic mass is 9.84. The van der Waals surface area contributed by atoms with Crippen LogP contribution in [0.5, 0.6) is 0 Å². The van der Waals surface area contributed by atoms with Crippen LogP contribution in [0, 0.1) is 0 Å². The number of rotatable bonds is 4. The molecular formula is C14H26N2O3. The predicted molar refractivity (Wildman–Crippen MR) is 73.1 cm³/mol.